The van der Waals surface area contributed by atoms with Crippen molar-refractivity contribution in [3.05, 3.63) is 42.1 Å². The monoisotopic (exact) mass is 510 g/mol. The molecule has 10 heteroatoms. The summed E-state index contributed by atoms with van der Waals surface area (Å²) >= 11 is 1.20. The summed E-state index contributed by atoms with van der Waals surface area (Å²) in [7, 11) is 3.80. The Labute approximate surface area is 215 Å². The number of carbonyl (C=O) groups is 2. The molecule has 0 aliphatic carbocycles. The minimum Gasteiger partial charge on any atom is -0.497 e. The molecule has 2 amide bonds. The molecule has 2 heterocycles. The van der Waals surface area contributed by atoms with Gasteiger partial charge in [-0.3, -0.25) is 9.59 Å². The van der Waals surface area contributed by atoms with Crippen LogP contribution in [0.5, 0.6) is 5.75 Å². The van der Waals surface area contributed by atoms with Crippen molar-refractivity contribution in [3.63, 3.8) is 0 Å². The van der Waals surface area contributed by atoms with Crippen LogP contribution in [0.15, 0.2) is 36.4 Å². The highest BCUT2D eigenvalue weighted by Crippen LogP contribution is 2.32. The lowest BCUT2D eigenvalue weighted by Crippen LogP contribution is -2.44. The third-order valence-corrected chi connectivity index (χ3v) is 7.27. The van der Waals surface area contributed by atoms with Crippen molar-refractivity contribution < 1.29 is 14.3 Å². The van der Waals surface area contributed by atoms with Crippen LogP contribution in [0.4, 0.5) is 15.8 Å². The summed E-state index contributed by atoms with van der Waals surface area (Å²) in [5.41, 5.74) is 6.41. The van der Waals surface area contributed by atoms with E-state index in [1.165, 1.54) is 11.3 Å². The van der Waals surface area contributed by atoms with E-state index in [0.717, 1.165) is 74.2 Å². The number of unbranched alkanes of at least 4 members (excludes halogenated alkanes) is 2. The van der Waals surface area contributed by atoms with Crippen LogP contribution >= 0.6 is 11.3 Å². The smallest absolute Gasteiger partial charge is 0.270 e. The molecule has 0 spiro atoms. The molecule has 0 bridgehead atoms. The number of likely N-dealkylation sites (N-methyl/N-ethyl adjacent to an activating group) is 1. The van der Waals surface area contributed by atoms with Gasteiger partial charge in [-0.05, 0) is 61.5 Å². The number of primary amides is 1. The lowest BCUT2D eigenvalue weighted by atomic mass is 10.1. The molecule has 0 unspecified atom stereocenters. The number of ether oxygens (including phenoxy) is 1. The number of hydrogen-bond donors (Lipinski definition) is 3. The van der Waals surface area contributed by atoms with Crippen molar-refractivity contribution in [2.75, 3.05) is 57.5 Å². The van der Waals surface area contributed by atoms with E-state index >= 15 is 0 Å². The minimum absolute atomic E-state index is 0.0662. The summed E-state index contributed by atoms with van der Waals surface area (Å²) < 4.78 is 5.28. The highest BCUT2D eigenvalue weighted by Gasteiger charge is 2.18. The van der Waals surface area contributed by atoms with Gasteiger partial charge in [0.15, 0.2) is 10.8 Å². The Balaban J connectivity index is 1.29. The van der Waals surface area contributed by atoms with E-state index in [2.05, 4.69) is 32.5 Å². The Morgan fingerprint density at radius 2 is 1.81 bits per heavy atom. The zero-order valence-electron chi connectivity index (χ0n) is 20.9. The van der Waals surface area contributed by atoms with Gasteiger partial charge in [-0.25, -0.2) is 4.98 Å². The normalized spacial score (nSPS) is 14.6. The zero-order valence-corrected chi connectivity index (χ0v) is 21.7. The number of nitrogens with two attached hydrogens (primary N) is 1. The van der Waals surface area contributed by atoms with Gasteiger partial charge in [-0.15, -0.1) is 0 Å². The van der Waals surface area contributed by atoms with Crippen LogP contribution in [-0.2, 0) is 4.79 Å². The summed E-state index contributed by atoms with van der Waals surface area (Å²) in [6, 6.07) is 11.7. The average molecular weight is 511 g/mol. The standard InChI is InChI=1S/C26H34N6O3S/c1-31-12-14-32(15-13-31)11-5-3-4-6-22(33)29-25-23(24(27)34)30-26(36-25)28-20-9-7-19-17-21(35-2)10-8-18(19)16-20/h7-10,16-17H,3-6,11-15H2,1-2H3,(H2,27,34)(H,28,30)(H,29,33). The molecule has 4 rings (SSSR count). The van der Waals surface area contributed by atoms with E-state index in [0.29, 0.717) is 16.6 Å². The van der Waals surface area contributed by atoms with E-state index in [-0.39, 0.29) is 11.6 Å². The first-order valence-corrected chi connectivity index (χ1v) is 13.1. The van der Waals surface area contributed by atoms with E-state index < -0.39 is 5.91 Å². The maximum Gasteiger partial charge on any atom is 0.270 e. The molecule has 1 fully saturated rings. The third kappa shape index (κ3) is 6.93. The number of nitrogens with zero attached hydrogens (tertiary/aromatic N) is 3. The van der Waals surface area contributed by atoms with Gasteiger partial charge in [-0.2, -0.15) is 0 Å². The highest BCUT2D eigenvalue weighted by atomic mass is 32.1. The van der Waals surface area contributed by atoms with E-state index in [1.807, 2.05) is 36.4 Å². The van der Waals surface area contributed by atoms with Crippen LogP contribution < -0.4 is 21.1 Å². The van der Waals surface area contributed by atoms with Crippen LogP contribution in [-0.4, -0.2) is 73.5 Å². The Hall–Kier alpha value is -3.21. The number of amides is 2. The number of benzene rings is 2. The molecular weight excluding hydrogens is 476 g/mol. The molecule has 2 aromatic carbocycles. The molecule has 36 heavy (non-hydrogen) atoms. The first-order valence-electron chi connectivity index (χ1n) is 12.3. The summed E-state index contributed by atoms with van der Waals surface area (Å²) in [6.45, 7) is 5.54. The van der Waals surface area contributed by atoms with Gasteiger partial charge < -0.3 is 30.9 Å². The Morgan fingerprint density at radius 3 is 2.56 bits per heavy atom. The quantitative estimate of drug-likeness (QED) is 0.335. The molecule has 4 N–H and O–H groups in total. The fourth-order valence-corrected chi connectivity index (χ4v) is 5.14. The van der Waals surface area contributed by atoms with Gasteiger partial charge in [0.05, 0.1) is 7.11 Å². The van der Waals surface area contributed by atoms with Crippen molar-refractivity contribution in [3.8, 4) is 5.75 Å². The van der Waals surface area contributed by atoms with Crippen LogP contribution in [0, 0.1) is 0 Å². The number of carbonyl (C=O) groups excluding carboxylic acids is 2. The largest absolute Gasteiger partial charge is 0.497 e. The average Bonchev–Trinajstić information content (AvgIpc) is 3.26. The Bertz CT molecular complexity index is 1210. The fraction of sp³-hybridized carbons (Fsp3) is 0.423. The number of piperazine rings is 1. The number of rotatable bonds is 11. The van der Waals surface area contributed by atoms with E-state index in [9.17, 15) is 9.59 Å². The predicted molar refractivity (Wildman–Crippen MR) is 145 cm³/mol. The molecule has 3 aromatic rings. The lowest BCUT2D eigenvalue weighted by molar-refractivity contribution is -0.116. The molecule has 192 valence electrons. The molecule has 0 atom stereocenters. The molecule has 1 aliphatic heterocycles. The number of anilines is 3. The molecule has 1 saturated heterocycles. The number of methoxy groups -OCH3 is 1. The molecular formula is C26H34N6O3S. The van der Waals surface area contributed by atoms with Crippen molar-refractivity contribution in [1.29, 1.82) is 0 Å². The number of aromatic nitrogens is 1. The minimum atomic E-state index is -0.674. The number of thiazole rings is 1. The Morgan fingerprint density at radius 1 is 1.06 bits per heavy atom. The van der Waals surface area contributed by atoms with Crippen LogP contribution in [0.25, 0.3) is 10.8 Å². The highest BCUT2D eigenvalue weighted by molar-refractivity contribution is 7.20. The predicted octanol–water partition coefficient (Wildman–Crippen LogP) is 3.89. The summed E-state index contributed by atoms with van der Waals surface area (Å²) in [4.78, 5) is 33.6. The fourth-order valence-electron chi connectivity index (χ4n) is 4.24. The van der Waals surface area contributed by atoms with Gasteiger partial charge in [-0.1, -0.05) is 29.9 Å². The molecule has 9 nitrogen and oxygen atoms in total. The molecule has 1 aromatic heterocycles. The summed E-state index contributed by atoms with van der Waals surface area (Å²) in [6.07, 6.45) is 3.27. The molecule has 1 aliphatic rings. The van der Waals surface area contributed by atoms with E-state index in [1.54, 1.807) is 7.11 Å². The SMILES string of the molecule is COc1ccc2cc(Nc3nc(C(N)=O)c(NC(=O)CCCCCN4CCN(C)CC4)s3)ccc2c1. The summed E-state index contributed by atoms with van der Waals surface area (Å²) in [5, 5.41) is 8.99. The third-order valence-electron chi connectivity index (χ3n) is 6.39. The van der Waals surface area contributed by atoms with Crippen LogP contribution in [0.3, 0.4) is 0 Å². The van der Waals surface area contributed by atoms with Crippen LogP contribution in [0.2, 0.25) is 0 Å². The number of hydrogen-bond acceptors (Lipinski definition) is 8. The van der Waals surface area contributed by atoms with Gasteiger partial charge in [0.2, 0.25) is 5.91 Å². The van der Waals surface area contributed by atoms with Crippen molar-refractivity contribution in [2.24, 2.45) is 5.73 Å². The van der Waals surface area contributed by atoms with Gasteiger partial charge in [0.1, 0.15) is 10.8 Å². The number of fused-ring (bicyclic) bond motifs is 1. The van der Waals surface area contributed by atoms with Crippen LogP contribution in [0.1, 0.15) is 36.2 Å². The Kier molecular flexibility index (Phi) is 8.74. The van der Waals surface area contributed by atoms with Crippen molar-refractivity contribution in [2.45, 2.75) is 25.7 Å². The van der Waals surface area contributed by atoms with Crippen molar-refractivity contribution in [1.82, 2.24) is 14.8 Å². The topological polar surface area (TPSA) is 113 Å². The van der Waals surface area contributed by atoms with E-state index in [4.69, 9.17) is 10.5 Å². The second kappa shape index (κ2) is 12.2. The van der Waals surface area contributed by atoms with Crippen molar-refractivity contribution >= 4 is 49.7 Å². The first-order chi connectivity index (χ1) is 17.4. The first kappa shape index (κ1) is 25.9. The maximum absolute atomic E-state index is 12.5. The maximum atomic E-state index is 12.5. The molecule has 0 saturated carbocycles. The zero-order chi connectivity index (χ0) is 25.5. The van der Waals surface area contributed by atoms with Gasteiger partial charge in [0, 0.05) is 38.3 Å². The second-order valence-electron chi connectivity index (χ2n) is 9.12. The lowest BCUT2D eigenvalue weighted by Gasteiger charge is -2.32. The molecule has 0 radical (unpaired) electrons. The second-order valence-corrected chi connectivity index (χ2v) is 10.1. The van der Waals surface area contributed by atoms with Gasteiger partial charge >= 0.3 is 0 Å². The summed E-state index contributed by atoms with van der Waals surface area (Å²) in [5.74, 6) is -0.0102. The number of nitrogens with one attached hydrogen (secondary N) is 2. The van der Waals surface area contributed by atoms with Gasteiger partial charge in [0.25, 0.3) is 5.91 Å².